The summed E-state index contributed by atoms with van der Waals surface area (Å²) in [6, 6.07) is 6.74. The maximum atomic E-state index is 12.7. The fourth-order valence-electron chi connectivity index (χ4n) is 3.52. The molecule has 7 nitrogen and oxygen atoms in total. The molecule has 0 aromatic carbocycles. The van der Waals surface area contributed by atoms with E-state index in [2.05, 4.69) is 9.88 Å². The summed E-state index contributed by atoms with van der Waals surface area (Å²) in [6.07, 6.45) is 9.56. The lowest BCUT2D eigenvalue weighted by Crippen LogP contribution is -2.30. The van der Waals surface area contributed by atoms with Crippen LogP contribution in [-0.2, 0) is 11.3 Å². The van der Waals surface area contributed by atoms with Crippen molar-refractivity contribution in [3.63, 3.8) is 0 Å². The molecular weight excluding hydrogens is 442 g/mol. The Morgan fingerprint density at radius 1 is 1.36 bits per heavy atom. The van der Waals surface area contributed by atoms with Crippen molar-refractivity contribution in [1.29, 1.82) is 0 Å². The van der Waals surface area contributed by atoms with Gasteiger partial charge in [-0.1, -0.05) is 23.8 Å². The molecule has 3 heterocycles. The molecule has 0 unspecified atom stereocenters. The summed E-state index contributed by atoms with van der Waals surface area (Å²) < 4.78 is 13.3. The number of hydrogen-bond donors (Lipinski definition) is 1. The van der Waals surface area contributed by atoms with Crippen LogP contribution < -0.4 is 10.3 Å². The van der Waals surface area contributed by atoms with Gasteiger partial charge in [-0.2, -0.15) is 0 Å². The molecular formula is C25H32ClN3O4. The summed E-state index contributed by atoms with van der Waals surface area (Å²) >= 11 is 5.84. The van der Waals surface area contributed by atoms with Gasteiger partial charge in [0.15, 0.2) is 0 Å². The minimum atomic E-state index is -0.495. The number of aliphatic hydroxyl groups is 1. The summed E-state index contributed by atoms with van der Waals surface area (Å²) in [4.78, 5) is 19.1. The van der Waals surface area contributed by atoms with E-state index in [1.54, 1.807) is 35.2 Å². The molecule has 0 bridgehead atoms. The summed E-state index contributed by atoms with van der Waals surface area (Å²) in [5.41, 5.74) is 0.778. The second-order valence-corrected chi connectivity index (χ2v) is 9.01. The van der Waals surface area contributed by atoms with Crippen LogP contribution in [0.2, 0.25) is 5.02 Å². The predicted octanol–water partition coefficient (Wildman–Crippen LogP) is 3.75. The van der Waals surface area contributed by atoms with E-state index in [0.29, 0.717) is 23.9 Å². The molecule has 0 amide bonds. The molecule has 2 aromatic heterocycles. The van der Waals surface area contributed by atoms with E-state index in [1.165, 1.54) is 6.07 Å². The van der Waals surface area contributed by atoms with Gasteiger partial charge in [-0.15, -0.1) is 0 Å². The number of allylic oxidation sites excluding steroid dienone is 3. The largest absolute Gasteiger partial charge is 0.487 e. The van der Waals surface area contributed by atoms with E-state index in [0.717, 1.165) is 30.9 Å². The van der Waals surface area contributed by atoms with Crippen LogP contribution in [0.1, 0.15) is 32.9 Å². The number of likely N-dealkylation sites (tertiary alicyclic amines) is 1. The number of aromatic nitrogens is 2. The van der Waals surface area contributed by atoms with Crippen LogP contribution in [0.15, 0.2) is 59.7 Å². The van der Waals surface area contributed by atoms with Crippen LogP contribution in [0.5, 0.6) is 5.75 Å². The van der Waals surface area contributed by atoms with Crippen molar-refractivity contribution < 1.29 is 14.6 Å². The molecule has 0 aliphatic carbocycles. The van der Waals surface area contributed by atoms with Gasteiger partial charge in [0.2, 0.25) is 0 Å². The SMILES string of the molecule is C/C=C(\C=C/C(C)(C)OCCN1CC[C@H](O)C1)n1ccc(OCc2ccc(Cl)cn2)cc1=O. The van der Waals surface area contributed by atoms with E-state index in [9.17, 15) is 9.90 Å². The fourth-order valence-corrected chi connectivity index (χ4v) is 3.63. The second kappa shape index (κ2) is 11.6. The number of halogens is 1. The lowest BCUT2D eigenvalue weighted by Gasteiger charge is -2.24. The Labute approximate surface area is 199 Å². The molecule has 1 aliphatic heterocycles. The molecule has 2 aromatic rings. The van der Waals surface area contributed by atoms with Gasteiger partial charge in [-0.25, -0.2) is 0 Å². The quantitative estimate of drug-likeness (QED) is 0.529. The summed E-state index contributed by atoms with van der Waals surface area (Å²) in [5, 5.41) is 10.2. The predicted molar refractivity (Wildman–Crippen MR) is 130 cm³/mol. The maximum absolute atomic E-state index is 12.7. The molecule has 0 radical (unpaired) electrons. The molecule has 8 heteroatoms. The van der Waals surface area contributed by atoms with Crippen molar-refractivity contribution >= 4 is 17.3 Å². The normalized spacial score (nSPS) is 17.7. The Bertz CT molecular complexity index is 1030. The Morgan fingerprint density at radius 3 is 2.82 bits per heavy atom. The fraction of sp³-hybridized carbons (Fsp3) is 0.440. The van der Waals surface area contributed by atoms with Gasteiger partial charge in [0.1, 0.15) is 12.4 Å². The van der Waals surface area contributed by atoms with E-state index in [-0.39, 0.29) is 18.3 Å². The van der Waals surface area contributed by atoms with Crippen molar-refractivity contribution in [3.05, 3.63) is 76.0 Å². The van der Waals surface area contributed by atoms with Gasteiger partial charge < -0.3 is 14.6 Å². The monoisotopic (exact) mass is 473 g/mol. The van der Waals surface area contributed by atoms with Crippen molar-refractivity contribution in [3.8, 4) is 5.75 Å². The molecule has 0 spiro atoms. The van der Waals surface area contributed by atoms with Crippen LogP contribution >= 0.6 is 11.6 Å². The molecule has 1 aliphatic rings. The third kappa shape index (κ3) is 7.82. The smallest absolute Gasteiger partial charge is 0.258 e. The van der Waals surface area contributed by atoms with Crippen LogP contribution in [0.4, 0.5) is 0 Å². The van der Waals surface area contributed by atoms with Crippen molar-refractivity contribution in [2.75, 3.05) is 26.2 Å². The van der Waals surface area contributed by atoms with Crippen molar-refractivity contribution in [2.24, 2.45) is 0 Å². The van der Waals surface area contributed by atoms with Crippen molar-refractivity contribution in [2.45, 2.75) is 45.5 Å². The first-order chi connectivity index (χ1) is 15.8. The van der Waals surface area contributed by atoms with E-state index in [4.69, 9.17) is 21.1 Å². The van der Waals surface area contributed by atoms with Gasteiger partial charge in [0.05, 0.1) is 29.0 Å². The third-order valence-corrected chi connectivity index (χ3v) is 5.65. The number of pyridine rings is 2. The highest BCUT2D eigenvalue weighted by Crippen LogP contribution is 2.17. The Morgan fingerprint density at radius 2 is 2.18 bits per heavy atom. The van der Waals surface area contributed by atoms with Crippen LogP contribution in [-0.4, -0.2) is 57.5 Å². The highest BCUT2D eigenvalue weighted by Gasteiger charge is 2.21. The average molecular weight is 474 g/mol. The van der Waals surface area contributed by atoms with E-state index < -0.39 is 5.60 Å². The number of hydrogen-bond acceptors (Lipinski definition) is 6. The Hall–Kier alpha value is -2.45. The van der Waals surface area contributed by atoms with E-state index in [1.807, 2.05) is 39.0 Å². The van der Waals surface area contributed by atoms with Gasteiger partial charge in [-0.05, 0) is 51.5 Å². The minimum Gasteiger partial charge on any atom is -0.487 e. The van der Waals surface area contributed by atoms with Crippen LogP contribution in [0.25, 0.3) is 5.70 Å². The molecule has 1 saturated heterocycles. The summed E-state index contributed by atoms with van der Waals surface area (Å²) in [5.74, 6) is 0.475. The van der Waals surface area contributed by atoms with Crippen LogP contribution in [0, 0.1) is 0 Å². The van der Waals surface area contributed by atoms with Gasteiger partial charge >= 0.3 is 0 Å². The summed E-state index contributed by atoms with van der Waals surface area (Å²) in [6.45, 7) is 9.08. The lowest BCUT2D eigenvalue weighted by atomic mass is 10.1. The standard InChI is InChI=1S/C25H32ClN3O4/c1-4-21(7-10-25(2,3)33-14-13-28-11-8-22(30)17-28)29-12-9-23(15-24(29)31)32-18-20-6-5-19(26)16-27-20/h4-7,9-10,12,15-16,22,30H,8,11,13-14,17-18H2,1-3H3/b10-7-,21-4+/t22-/m0/s1. The topological polar surface area (TPSA) is 76.8 Å². The molecule has 1 atom stereocenters. The average Bonchev–Trinajstić information content (AvgIpc) is 3.19. The molecule has 0 saturated carbocycles. The van der Waals surface area contributed by atoms with Crippen molar-refractivity contribution in [1.82, 2.24) is 14.5 Å². The second-order valence-electron chi connectivity index (χ2n) is 8.57. The number of aliphatic hydroxyl groups excluding tert-OH is 1. The van der Waals surface area contributed by atoms with E-state index >= 15 is 0 Å². The molecule has 1 N–H and O–H groups in total. The number of rotatable bonds is 10. The maximum Gasteiger partial charge on any atom is 0.258 e. The first kappa shape index (κ1) is 25.2. The third-order valence-electron chi connectivity index (χ3n) is 5.42. The number of β-amino-alcohol motifs (C(OH)–C–C–N with tert-alkyl or cyclic N) is 1. The lowest BCUT2D eigenvalue weighted by molar-refractivity contribution is 0.00877. The molecule has 178 valence electrons. The molecule has 3 rings (SSSR count). The highest BCUT2D eigenvalue weighted by atomic mass is 35.5. The number of nitrogens with zero attached hydrogens (tertiary/aromatic N) is 3. The summed E-state index contributed by atoms with van der Waals surface area (Å²) in [7, 11) is 0. The number of ether oxygens (including phenoxy) is 2. The zero-order valence-corrected chi connectivity index (χ0v) is 20.2. The van der Waals surface area contributed by atoms with Gasteiger partial charge in [0, 0.05) is 43.8 Å². The zero-order chi connectivity index (χ0) is 23.8. The molecule has 33 heavy (non-hydrogen) atoms. The van der Waals surface area contributed by atoms with Gasteiger partial charge in [-0.3, -0.25) is 19.2 Å². The Balaban J connectivity index is 1.56. The minimum absolute atomic E-state index is 0.194. The Kier molecular flexibility index (Phi) is 8.86. The highest BCUT2D eigenvalue weighted by molar-refractivity contribution is 6.30. The zero-order valence-electron chi connectivity index (χ0n) is 19.4. The van der Waals surface area contributed by atoms with Gasteiger partial charge in [0.25, 0.3) is 5.56 Å². The molecule has 1 fully saturated rings. The van der Waals surface area contributed by atoms with Crippen LogP contribution in [0.3, 0.4) is 0 Å². The first-order valence-electron chi connectivity index (χ1n) is 11.1. The first-order valence-corrected chi connectivity index (χ1v) is 11.5.